The molecule has 0 radical (unpaired) electrons. The van der Waals surface area contributed by atoms with Crippen molar-refractivity contribution in [3.05, 3.63) is 22.3 Å². The van der Waals surface area contributed by atoms with Gasteiger partial charge in [0.1, 0.15) is 23.3 Å². The molecule has 1 rings (SSSR count). The number of halogens is 1. The monoisotopic (exact) mass is 225 g/mol. The second kappa shape index (κ2) is 4.96. The van der Waals surface area contributed by atoms with Crippen molar-refractivity contribution in [2.24, 2.45) is 0 Å². The molecule has 1 heterocycles. The number of pyridine rings is 1. The molecule has 1 aromatic rings. The van der Waals surface area contributed by atoms with Crippen molar-refractivity contribution in [3.8, 4) is 6.07 Å². The van der Waals surface area contributed by atoms with E-state index in [0.717, 1.165) is 5.56 Å². The van der Waals surface area contributed by atoms with Gasteiger partial charge in [-0.2, -0.15) is 5.26 Å². The van der Waals surface area contributed by atoms with E-state index in [1.165, 1.54) is 0 Å². The van der Waals surface area contributed by atoms with Crippen LogP contribution in [0.5, 0.6) is 0 Å². The Morgan fingerprint density at radius 2 is 2.40 bits per heavy atom. The molecule has 0 aromatic carbocycles. The van der Waals surface area contributed by atoms with Gasteiger partial charge >= 0.3 is 0 Å². The van der Waals surface area contributed by atoms with E-state index in [9.17, 15) is 5.11 Å². The minimum Gasteiger partial charge on any atom is -0.374 e. The molecule has 0 aliphatic rings. The predicted octanol–water partition coefficient (Wildman–Crippen LogP) is 2.06. The van der Waals surface area contributed by atoms with Gasteiger partial charge in [0.2, 0.25) is 0 Å². The van der Waals surface area contributed by atoms with Crippen LogP contribution in [0, 0.1) is 18.3 Å². The molecule has 1 aromatic heterocycles. The van der Waals surface area contributed by atoms with E-state index in [1.54, 1.807) is 13.0 Å². The molecule has 15 heavy (non-hydrogen) atoms. The van der Waals surface area contributed by atoms with Crippen LogP contribution in [0.4, 0.5) is 5.82 Å². The third kappa shape index (κ3) is 2.82. The highest BCUT2D eigenvalue weighted by Crippen LogP contribution is 2.20. The summed E-state index contributed by atoms with van der Waals surface area (Å²) in [5.74, 6) is 0.478. The molecule has 0 amide bonds. The van der Waals surface area contributed by atoms with Crippen molar-refractivity contribution < 1.29 is 5.11 Å². The molecule has 0 aliphatic heterocycles. The molecule has 80 valence electrons. The molecule has 0 saturated heterocycles. The molecule has 0 spiro atoms. The van der Waals surface area contributed by atoms with Gasteiger partial charge in [0.25, 0.3) is 0 Å². The van der Waals surface area contributed by atoms with E-state index in [0.29, 0.717) is 17.8 Å². The summed E-state index contributed by atoms with van der Waals surface area (Å²) >= 11 is 5.81. The summed E-state index contributed by atoms with van der Waals surface area (Å²) in [6, 6.07) is 3.66. The third-order valence-electron chi connectivity index (χ3n) is 1.99. The van der Waals surface area contributed by atoms with E-state index in [1.807, 2.05) is 13.0 Å². The predicted molar refractivity (Wildman–Crippen MR) is 58.6 cm³/mol. The molecular formula is C10H12ClN3O. The van der Waals surface area contributed by atoms with Crippen LogP contribution in [0.25, 0.3) is 0 Å². The van der Waals surface area contributed by atoms with Gasteiger partial charge in [-0.25, -0.2) is 4.98 Å². The summed E-state index contributed by atoms with van der Waals surface area (Å²) in [4.78, 5) is 3.96. The molecule has 0 bridgehead atoms. The number of hydrogen-bond donors (Lipinski definition) is 2. The molecular weight excluding hydrogens is 214 g/mol. The Morgan fingerprint density at radius 3 is 2.87 bits per heavy atom. The van der Waals surface area contributed by atoms with Crippen molar-refractivity contribution in [2.75, 3.05) is 5.32 Å². The Bertz CT molecular complexity index is 377. The molecule has 0 aliphatic carbocycles. The zero-order chi connectivity index (χ0) is 11.4. The largest absolute Gasteiger partial charge is 0.374 e. The number of aryl methyl sites for hydroxylation is 1. The van der Waals surface area contributed by atoms with Crippen LogP contribution in [-0.2, 0) is 0 Å². The number of nitrogens with zero attached hydrogens (tertiary/aromatic N) is 2. The second-order valence-electron chi connectivity index (χ2n) is 3.17. The fourth-order valence-corrected chi connectivity index (χ4v) is 1.40. The lowest BCUT2D eigenvalue weighted by Crippen LogP contribution is -2.18. The Kier molecular flexibility index (Phi) is 3.89. The summed E-state index contributed by atoms with van der Waals surface area (Å²) in [6.45, 7) is 3.62. The van der Waals surface area contributed by atoms with E-state index in [4.69, 9.17) is 16.9 Å². The van der Waals surface area contributed by atoms with Gasteiger partial charge < -0.3 is 10.4 Å². The standard InChI is InChI=1S/C10H12ClN3O/c1-3-9(15)13-8-4-6(2)7(5-12)10(11)14-8/h4,9,15H,3H2,1-2H3,(H,13,14). The first kappa shape index (κ1) is 11.8. The van der Waals surface area contributed by atoms with Crippen LogP contribution >= 0.6 is 11.6 Å². The minimum atomic E-state index is -0.652. The molecule has 4 nitrogen and oxygen atoms in total. The Hall–Kier alpha value is -1.31. The van der Waals surface area contributed by atoms with Crippen LogP contribution in [0.2, 0.25) is 5.15 Å². The van der Waals surface area contributed by atoms with Gasteiger partial charge in [0.15, 0.2) is 0 Å². The van der Waals surface area contributed by atoms with Crippen molar-refractivity contribution in [1.29, 1.82) is 5.26 Å². The third-order valence-corrected chi connectivity index (χ3v) is 2.26. The van der Waals surface area contributed by atoms with E-state index in [-0.39, 0.29) is 5.15 Å². The number of aliphatic hydroxyl groups is 1. The number of nitrogens with one attached hydrogen (secondary N) is 1. The van der Waals surface area contributed by atoms with Crippen LogP contribution in [0.15, 0.2) is 6.07 Å². The number of hydrogen-bond acceptors (Lipinski definition) is 4. The lowest BCUT2D eigenvalue weighted by atomic mass is 10.2. The summed E-state index contributed by atoms with van der Waals surface area (Å²) < 4.78 is 0. The van der Waals surface area contributed by atoms with Crippen molar-refractivity contribution in [2.45, 2.75) is 26.5 Å². The summed E-state index contributed by atoms with van der Waals surface area (Å²) in [6.07, 6.45) is -0.0841. The number of rotatable bonds is 3. The fraction of sp³-hybridized carbons (Fsp3) is 0.400. The highest BCUT2D eigenvalue weighted by molar-refractivity contribution is 6.30. The van der Waals surface area contributed by atoms with Gasteiger partial charge in [-0.05, 0) is 25.0 Å². The van der Waals surface area contributed by atoms with E-state index >= 15 is 0 Å². The first-order valence-corrected chi connectivity index (χ1v) is 4.98. The average molecular weight is 226 g/mol. The van der Waals surface area contributed by atoms with Gasteiger partial charge in [-0.1, -0.05) is 18.5 Å². The zero-order valence-electron chi connectivity index (χ0n) is 8.58. The average Bonchev–Trinajstić information content (AvgIpc) is 2.17. The van der Waals surface area contributed by atoms with E-state index in [2.05, 4.69) is 10.3 Å². The topological polar surface area (TPSA) is 68.9 Å². The first-order valence-electron chi connectivity index (χ1n) is 4.60. The first-order chi connectivity index (χ1) is 7.08. The SMILES string of the molecule is CCC(O)Nc1cc(C)c(C#N)c(Cl)n1. The quantitative estimate of drug-likeness (QED) is 0.610. The highest BCUT2D eigenvalue weighted by Gasteiger charge is 2.09. The van der Waals surface area contributed by atoms with Crippen LogP contribution in [-0.4, -0.2) is 16.3 Å². The number of anilines is 1. The lowest BCUT2D eigenvalue weighted by Gasteiger charge is -2.12. The Labute approximate surface area is 93.5 Å². The second-order valence-corrected chi connectivity index (χ2v) is 3.53. The summed E-state index contributed by atoms with van der Waals surface area (Å²) in [5.41, 5.74) is 1.11. The normalized spacial score (nSPS) is 11.9. The maximum Gasteiger partial charge on any atom is 0.149 e. The Balaban J connectivity index is 3.00. The molecule has 2 N–H and O–H groups in total. The van der Waals surface area contributed by atoms with Crippen molar-refractivity contribution in [1.82, 2.24) is 4.98 Å². The smallest absolute Gasteiger partial charge is 0.149 e. The summed E-state index contributed by atoms with van der Waals surface area (Å²) in [7, 11) is 0. The van der Waals surface area contributed by atoms with Crippen LogP contribution in [0.1, 0.15) is 24.5 Å². The van der Waals surface area contributed by atoms with E-state index < -0.39 is 6.23 Å². The molecule has 0 fully saturated rings. The van der Waals surface area contributed by atoms with Gasteiger partial charge in [-0.15, -0.1) is 0 Å². The van der Waals surface area contributed by atoms with Crippen molar-refractivity contribution >= 4 is 17.4 Å². The maximum atomic E-state index is 9.36. The number of aromatic nitrogens is 1. The molecule has 5 heteroatoms. The fourth-order valence-electron chi connectivity index (χ4n) is 1.11. The lowest BCUT2D eigenvalue weighted by molar-refractivity contribution is 0.199. The minimum absolute atomic E-state index is 0.156. The maximum absolute atomic E-state index is 9.36. The van der Waals surface area contributed by atoms with Gasteiger partial charge in [0.05, 0.1) is 5.56 Å². The molecule has 1 atom stereocenters. The van der Waals surface area contributed by atoms with Gasteiger partial charge in [0, 0.05) is 0 Å². The molecule has 0 saturated carbocycles. The Morgan fingerprint density at radius 1 is 1.73 bits per heavy atom. The van der Waals surface area contributed by atoms with Crippen LogP contribution in [0.3, 0.4) is 0 Å². The molecule has 1 unspecified atom stereocenters. The highest BCUT2D eigenvalue weighted by atomic mass is 35.5. The zero-order valence-corrected chi connectivity index (χ0v) is 9.34. The van der Waals surface area contributed by atoms with Crippen LogP contribution < -0.4 is 5.32 Å². The number of aliphatic hydroxyl groups excluding tert-OH is 1. The summed E-state index contributed by atoms with van der Waals surface area (Å²) in [5, 5.41) is 21.1. The van der Waals surface area contributed by atoms with Crippen molar-refractivity contribution in [3.63, 3.8) is 0 Å². The van der Waals surface area contributed by atoms with Gasteiger partial charge in [-0.3, -0.25) is 0 Å². The number of nitriles is 1.